The molecule has 7 heteroatoms. The van der Waals surface area contributed by atoms with Crippen molar-refractivity contribution in [2.24, 2.45) is 10.9 Å². The average Bonchev–Trinajstić information content (AvgIpc) is 3.21. The summed E-state index contributed by atoms with van der Waals surface area (Å²) in [7, 11) is 0. The third-order valence-electron chi connectivity index (χ3n) is 5.41. The molecule has 0 bridgehead atoms. The zero-order valence-electron chi connectivity index (χ0n) is 16.8. The molecule has 1 saturated heterocycles. The Morgan fingerprint density at radius 2 is 2.00 bits per heavy atom. The molecule has 1 N–H and O–H groups in total. The number of urea groups is 1. The molecule has 7 nitrogen and oxygen atoms in total. The van der Waals surface area contributed by atoms with Crippen LogP contribution in [0, 0.1) is 5.92 Å². The van der Waals surface area contributed by atoms with Crippen molar-refractivity contribution in [1.29, 1.82) is 0 Å². The van der Waals surface area contributed by atoms with Gasteiger partial charge in [-0.1, -0.05) is 12.1 Å². The monoisotopic (exact) mass is 387 g/mol. The molecule has 152 valence electrons. The fourth-order valence-electron chi connectivity index (χ4n) is 3.82. The van der Waals surface area contributed by atoms with Gasteiger partial charge in [0.1, 0.15) is 12.5 Å². The highest BCUT2D eigenvalue weighted by Crippen LogP contribution is 2.30. The molecular weight excluding hydrogens is 358 g/mol. The molecule has 3 rings (SSSR count). The van der Waals surface area contributed by atoms with E-state index in [-0.39, 0.29) is 18.7 Å². The summed E-state index contributed by atoms with van der Waals surface area (Å²) in [4.78, 5) is 31.0. The Balaban J connectivity index is 1.77. The molecule has 1 aromatic carbocycles. The minimum absolute atomic E-state index is 0.0359. The maximum Gasteiger partial charge on any atom is 0.341 e. The van der Waals surface area contributed by atoms with Crippen LogP contribution in [0.2, 0.25) is 0 Å². The van der Waals surface area contributed by atoms with Crippen molar-refractivity contribution in [3.8, 4) is 0 Å². The number of carbonyl (C=O) groups is 2. The van der Waals surface area contributed by atoms with Gasteiger partial charge in [-0.05, 0) is 51.3 Å². The molecule has 2 aliphatic rings. The zero-order valence-corrected chi connectivity index (χ0v) is 16.8. The molecule has 1 fully saturated rings. The molecular formula is C21H29N3O4. The first-order chi connectivity index (χ1) is 13.5. The second-order valence-corrected chi connectivity index (χ2v) is 7.19. The number of nitrogens with zero attached hydrogens (tertiary/aromatic N) is 2. The van der Waals surface area contributed by atoms with Gasteiger partial charge in [-0.15, -0.1) is 0 Å². The number of hydrogen-bond donors (Lipinski definition) is 1. The molecule has 0 spiro atoms. The SMILES string of the molecule is CCN(CC)c1ccc(C2NC(=O)N=C(C)C2C(=O)OCC2CCCO2)cc1. The summed E-state index contributed by atoms with van der Waals surface area (Å²) in [6.07, 6.45) is 1.85. The van der Waals surface area contributed by atoms with Gasteiger partial charge in [0.05, 0.1) is 12.1 Å². The first-order valence-electron chi connectivity index (χ1n) is 10.0. The average molecular weight is 387 g/mol. The van der Waals surface area contributed by atoms with Gasteiger partial charge in [-0.3, -0.25) is 4.79 Å². The first-order valence-corrected chi connectivity index (χ1v) is 10.0. The van der Waals surface area contributed by atoms with E-state index in [0.717, 1.165) is 37.2 Å². The van der Waals surface area contributed by atoms with Crippen molar-refractivity contribution in [1.82, 2.24) is 5.32 Å². The van der Waals surface area contributed by atoms with Gasteiger partial charge in [0.15, 0.2) is 0 Å². The fourth-order valence-corrected chi connectivity index (χ4v) is 3.82. The van der Waals surface area contributed by atoms with Gasteiger partial charge in [0.25, 0.3) is 0 Å². The number of hydrogen-bond acceptors (Lipinski definition) is 5. The second-order valence-electron chi connectivity index (χ2n) is 7.19. The number of benzene rings is 1. The van der Waals surface area contributed by atoms with Crippen molar-refractivity contribution in [2.75, 3.05) is 31.2 Å². The van der Waals surface area contributed by atoms with Gasteiger partial charge in [-0.25, -0.2) is 9.79 Å². The van der Waals surface area contributed by atoms with E-state index in [0.29, 0.717) is 12.3 Å². The molecule has 0 saturated carbocycles. The van der Waals surface area contributed by atoms with Crippen LogP contribution in [0.25, 0.3) is 0 Å². The van der Waals surface area contributed by atoms with Crippen molar-refractivity contribution >= 4 is 23.4 Å². The fraction of sp³-hybridized carbons (Fsp3) is 0.571. The minimum atomic E-state index is -0.640. The molecule has 0 radical (unpaired) electrons. The second kappa shape index (κ2) is 9.19. The van der Waals surface area contributed by atoms with E-state index >= 15 is 0 Å². The summed E-state index contributed by atoms with van der Waals surface area (Å²) in [5.74, 6) is -1.02. The van der Waals surface area contributed by atoms with Gasteiger partial charge in [0, 0.05) is 31.1 Å². The van der Waals surface area contributed by atoms with E-state index in [1.54, 1.807) is 6.92 Å². The van der Waals surface area contributed by atoms with Crippen LogP contribution >= 0.6 is 0 Å². The van der Waals surface area contributed by atoms with Gasteiger partial charge >= 0.3 is 12.0 Å². The third-order valence-corrected chi connectivity index (χ3v) is 5.41. The lowest BCUT2D eigenvalue weighted by atomic mass is 9.88. The summed E-state index contributed by atoms with van der Waals surface area (Å²) in [6, 6.07) is 7.02. The lowest BCUT2D eigenvalue weighted by molar-refractivity contribution is -0.150. The van der Waals surface area contributed by atoms with Crippen LogP contribution in [-0.2, 0) is 14.3 Å². The predicted octanol–water partition coefficient (Wildman–Crippen LogP) is 3.10. The van der Waals surface area contributed by atoms with Gasteiger partial charge < -0.3 is 19.7 Å². The van der Waals surface area contributed by atoms with E-state index in [1.807, 2.05) is 24.3 Å². The number of ether oxygens (including phenoxy) is 2. The Kier molecular flexibility index (Phi) is 6.67. The maximum absolute atomic E-state index is 12.8. The van der Waals surface area contributed by atoms with Crippen LogP contribution in [0.5, 0.6) is 0 Å². The largest absolute Gasteiger partial charge is 0.462 e. The minimum Gasteiger partial charge on any atom is -0.462 e. The lowest BCUT2D eigenvalue weighted by Gasteiger charge is -2.30. The van der Waals surface area contributed by atoms with E-state index in [1.165, 1.54) is 0 Å². The Labute approximate surface area is 166 Å². The summed E-state index contributed by atoms with van der Waals surface area (Å²) in [6.45, 7) is 8.71. The third kappa shape index (κ3) is 4.52. The van der Waals surface area contributed by atoms with Gasteiger partial charge in [0.2, 0.25) is 0 Å². The highest BCUT2D eigenvalue weighted by Gasteiger charge is 2.38. The Bertz CT molecular complexity index is 722. The predicted molar refractivity (Wildman–Crippen MR) is 108 cm³/mol. The summed E-state index contributed by atoms with van der Waals surface area (Å²) in [5, 5.41) is 2.83. The van der Waals surface area contributed by atoms with Crippen molar-refractivity contribution < 1.29 is 19.1 Å². The summed E-state index contributed by atoms with van der Waals surface area (Å²) >= 11 is 0. The molecule has 2 heterocycles. The molecule has 2 aliphatic heterocycles. The lowest BCUT2D eigenvalue weighted by Crippen LogP contribution is -2.44. The number of amides is 2. The van der Waals surface area contributed by atoms with Gasteiger partial charge in [-0.2, -0.15) is 0 Å². The van der Waals surface area contributed by atoms with Crippen LogP contribution in [0.15, 0.2) is 29.3 Å². The standard InChI is InChI=1S/C21H29N3O4/c1-4-24(5-2)16-10-8-15(9-11-16)19-18(14(3)22-21(26)23-19)20(25)28-13-17-7-6-12-27-17/h8-11,17-19H,4-7,12-13H2,1-3H3,(H,23,26). The number of rotatable bonds is 7. The zero-order chi connectivity index (χ0) is 20.1. The normalized spacial score (nSPS) is 24.5. The molecule has 2 amide bonds. The Morgan fingerprint density at radius 3 is 2.61 bits per heavy atom. The summed E-state index contributed by atoms with van der Waals surface area (Å²) < 4.78 is 11.0. The quantitative estimate of drug-likeness (QED) is 0.727. The number of anilines is 1. The van der Waals surface area contributed by atoms with E-state index in [2.05, 4.69) is 29.1 Å². The molecule has 3 atom stereocenters. The van der Waals surface area contributed by atoms with Crippen LogP contribution in [0.4, 0.5) is 10.5 Å². The number of esters is 1. The van der Waals surface area contributed by atoms with Crippen molar-refractivity contribution in [3.05, 3.63) is 29.8 Å². The smallest absolute Gasteiger partial charge is 0.341 e. The first kappa shape index (κ1) is 20.3. The molecule has 1 aromatic rings. The van der Waals surface area contributed by atoms with Crippen LogP contribution in [0.3, 0.4) is 0 Å². The Morgan fingerprint density at radius 1 is 1.29 bits per heavy atom. The highest BCUT2D eigenvalue weighted by atomic mass is 16.6. The Hall–Kier alpha value is -2.41. The van der Waals surface area contributed by atoms with Crippen molar-refractivity contribution in [3.63, 3.8) is 0 Å². The topological polar surface area (TPSA) is 80.2 Å². The number of nitrogens with one attached hydrogen (secondary N) is 1. The highest BCUT2D eigenvalue weighted by molar-refractivity contribution is 6.08. The molecule has 0 aromatic heterocycles. The maximum atomic E-state index is 12.8. The molecule has 0 aliphatic carbocycles. The molecule has 28 heavy (non-hydrogen) atoms. The van der Waals surface area contributed by atoms with Crippen LogP contribution in [-0.4, -0.2) is 50.1 Å². The summed E-state index contributed by atoms with van der Waals surface area (Å²) in [5.41, 5.74) is 2.44. The van der Waals surface area contributed by atoms with E-state index < -0.39 is 18.0 Å². The van der Waals surface area contributed by atoms with E-state index in [4.69, 9.17) is 9.47 Å². The van der Waals surface area contributed by atoms with Crippen molar-refractivity contribution in [2.45, 2.75) is 45.8 Å². The van der Waals surface area contributed by atoms with Crippen LogP contribution in [0.1, 0.15) is 45.2 Å². The number of aliphatic imine (C=N–C) groups is 1. The van der Waals surface area contributed by atoms with E-state index in [9.17, 15) is 9.59 Å². The number of carbonyl (C=O) groups excluding carboxylic acids is 2. The molecule has 3 unspecified atom stereocenters. The van der Waals surface area contributed by atoms with Crippen LogP contribution < -0.4 is 10.2 Å².